The topological polar surface area (TPSA) is 52.7 Å². The van der Waals surface area contributed by atoms with Crippen LogP contribution >= 0.6 is 0 Å². The van der Waals surface area contributed by atoms with Crippen LogP contribution in [0, 0.1) is 0 Å². The van der Waals surface area contributed by atoms with E-state index in [1.54, 1.807) is 0 Å². The molecule has 0 bridgehead atoms. The molecule has 1 heterocycles. The Balaban J connectivity index is 1.34. The summed E-state index contributed by atoms with van der Waals surface area (Å²) in [6.45, 7) is 4.95. The van der Waals surface area contributed by atoms with E-state index in [2.05, 4.69) is 22.3 Å². The van der Waals surface area contributed by atoms with E-state index in [0.717, 1.165) is 44.3 Å². The molecule has 1 saturated heterocycles. The lowest BCUT2D eigenvalue weighted by Gasteiger charge is -2.39. The Kier molecular flexibility index (Phi) is 4.28. The number of carbonyl (C=O) groups excluding carboxylic acids is 2. The highest BCUT2D eigenvalue weighted by molar-refractivity contribution is 5.91. The van der Waals surface area contributed by atoms with Crippen LogP contribution < -0.4 is 5.32 Å². The van der Waals surface area contributed by atoms with Crippen LogP contribution in [0.25, 0.3) is 0 Å². The Hall–Kier alpha value is -1.88. The summed E-state index contributed by atoms with van der Waals surface area (Å²) >= 11 is 0. The molecule has 1 atom stereocenters. The van der Waals surface area contributed by atoms with Gasteiger partial charge in [-0.2, -0.15) is 0 Å². The molecule has 1 aromatic rings. The predicted molar refractivity (Wildman–Crippen MR) is 96.1 cm³/mol. The fraction of sp³-hybridized carbons (Fsp3) is 0.600. The molecule has 25 heavy (non-hydrogen) atoms. The SMILES string of the molecule is CC(C(=O)NC1CC1)N1CCN(C(=O)C2(c3ccccc3)CC2)CC1. The van der Waals surface area contributed by atoms with Crippen molar-refractivity contribution in [2.75, 3.05) is 26.2 Å². The fourth-order valence-electron chi connectivity index (χ4n) is 3.84. The van der Waals surface area contributed by atoms with Crippen LogP contribution in [-0.2, 0) is 15.0 Å². The molecule has 1 aliphatic heterocycles. The van der Waals surface area contributed by atoms with E-state index in [-0.39, 0.29) is 23.3 Å². The van der Waals surface area contributed by atoms with Gasteiger partial charge >= 0.3 is 0 Å². The molecule has 5 heteroatoms. The van der Waals surface area contributed by atoms with Crippen molar-refractivity contribution in [2.24, 2.45) is 0 Å². The maximum atomic E-state index is 13.1. The van der Waals surface area contributed by atoms with Gasteiger partial charge in [0.15, 0.2) is 0 Å². The first-order chi connectivity index (χ1) is 12.1. The highest BCUT2D eigenvalue weighted by atomic mass is 16.2. The standard InChI is InChI=1S/C20H27N3O2/c1-15(18(24)21-17-7-8-17)22-11-13-23(14-12-22)19(25)20(9-10-20)16-5-3-2-4-6-16/h2-6,15,17H,7-14H2,1H3,(H,21,24). The van der Waals surface area contributed by atoms with E-state index in [9.17, 15) is 9.59 Å². The van der Waals surface area contributed by atoms with Crippen molar-refractivity contribution in [1.29, 1.82) is 0 Å². The van der Waals surface area contributed by atoms with E-state index in [4.69, 9.17) is 0 Å². The zero-order chi connectivity index (χ0) is 17.4. The van der Waals surface area contributed by atoms with Crippen LogP contribution in [0.2, 0.25) is 0 Å². The van der Waals surface area contributed by atoms with Crippen molar-refractivity contribution >= 4 is 11.8 Å². The van der Waals surface area contributed by atoms with Crippen molar-refractivity contribution in [2.45, 2.75) is 50.1 Å². The van der Waals surface area contributed by atoms with Gasteiger partial charge in [-0.15, -0.1) is 0 Å². The van der Waals surface area contributed by atoms with Crippen LogP contribution in [-0.4, -0.2) is 59.9 Å². The third kappa shape index (κ3) is 3.30. The highest BCUT2D eigenvalue weighted by Crippen LogP contribution is 2.49. The summed E-state index contributed by atoms with van der Waals surface area (Å²) in [5, 5.41) is 3.08. The molecule has 2 aliphatic carbocycles. The van der Waals surface area contributed by atoms with E-state index in [0.29, 0.717) is 19.1 Å². The molecule has 0 radical (unpaired) electrons. The lowest BCUT2D eigenvalue weighted by molar-refractivity contribution is -0.136. The minimum absolute atomic E-state index is 0.109. The number of hydrogen-bond acceptors (Lipinski definition) is 3. The Bertz CT molecular complexity index is 644. The van der Waals surface area contributed by atoms with Crippen LogP contribution in [0.4, 0.5) is 0 Å². The normalized spacial score (nSPS) is 23.8. The molecule has 0 spiro atoms. The van der Waals surface area contributed by atoms with Gasteiger partial charge in [0, 0.05) is 32.2 Å². The van der Waals surface area contributed by atoms with Gasteiger partial charge in [-0.05, 0) is 38.2 Å². The smallest absolute Gasteiger partial charge is 0.237 e. The summed E-state index contributed by atoms with van der Waals surface area (Å²) < 4.78 is 0. The van der Waals surface area contributed by atoms with Gasteiger partial charge in [-0.25, -0.2) is 0 Å². The van der Waals surface area contributed by atoms with Gasteiger partial charge < -0.3 is 10.2 Å². The Morgan fingerprint density at radius 1 is 1.08 bits per heavy atom. The number of nitrogens with one attached hydrogen (secondary N) is 1. The second kappa shape index (κ2) is 6.45. The van der Waals surface area contributed by atoms with Gasteiger partial charge in [-0.3, -0.25) is 14.5 Å². The van der Waals surface area contributed by atoms with E-state index in [1.165, 1.54) is 0 Å². The molecule has 3 aliphatic rings. The number of rotatable bonds is 5. The van der Waals surface area contributed by atoms with E-state index >= 15 is 0 Å². The molecule has 5 nitrogen and oxygen atoms in total. The van der Waals surface area contributed by atoms with Crippen molar-refractivity contribution in [1.82, 2.24) is 15.1 Å². The van der Waals surface area contributed by atoms with E-state index < -0.39 is 0 Å². The largest absolute Gasteiger partial charge is 0.352 e. The quantitative estimate of drug-likeness (QED) is 0.884. The van der Waals surface area contributed by atoms with Crippen LogP contribution in [0.5, 0.6) is 0 Å². The maximum absolute atomic E-state index is 13.1. The maximum Gasteiger partial charge on any atom is 0.237 e. The minimum Gasteiger partial charge on any atom is -0.352 e. The lowest BCUT2D eigenvalue weighted by Crippen LogP contribution is -2.56. The van der Waals surface area contributed by atoms with Crippen LogP contribution in [0.3, 0.4) is 0 Å². The molecule has 1 unspecified atom stereocenters. The average molecular weight is 341 g/mol. The number of benzene rings is 1. The molecular weight excluding hydrogens is 314 g/mol. The molecule has 3 fully saturated rings. The third-order valence-corrected chi connectivity index (χ3v) is 5.94. The number of piperazine rings is 1. The molecule has 4 rings (SSSR count). The predicted octanol–water partition coefficient (Wildman–Crippen LogP) is 1.53. The van der Waals surface area contributed by atoms with E-state index in [1.807, 2.05) is 30.0 Å². The van der Waals surface area contributed by atoms with Gasteiger partial charge in [-0.1, -0.05) is 30.3 Å². The minimum atomic E-state index is -0.279. The zero-order valence-corrected chi connectivity index (χ0v) is 14.9. The van der Waals surface area contributed by atoms with Crippen molar-refractivity contribution in [3.05, 3.63) is 35.9 Å². The Labute approximate surface area is 149 Å². The molecule has 2 amide bonds. The Morgan fingerprint density at radius 3 is 2.28 bits per heavy atom. The average Bonchev–Trinajstić information content (AvgIpc) is 3.56. The second-order valence-electron chi connectivity index (χ2n) is 7.74. The monoisotopic (exact) mass is 341 g/mol. The molecule has 1 N–H and O–H groups in total. The first-order valence-corrected chi connectivity index (χ1v) is 9.49. The number of amides is 2. The second-order valence-corrected chi connectivity index (χ2v) is 7.74. The molecule has 134 valence electrons. The van der Waals surface area contributed by atoms with Gasteiger partial charge in [0.1, 0.15) is 0 Å². The number of hydrogen-bond donors (Lipinski definition) is 1. The Morgan fingerprint density at radius 2 is 1.72 bits per heavy atom. The fourth-order valence-corrected chi connectivity index (χ4v) is 3.84. The number of carbonyl (C=O) groups is 2. The summed E-state index contributed by atoms with van der Waals surface area (Å²) in [6, 6.07) is 10.5. The first kappa shape index (κ1) is 16.6. The molecule has 0 aromatic heterocycles. The first-order valence-electron chi connectivity index (χ1n) is 9.49. The summed E-state index contributed by atoms with van der Waals surface area (Å²) in [5.41, 5.74) is 0.873. The zero-order valence-electron chi connectivity index (χ0n) is 14.9. The van der Waals surface area contributed by atoms with Gasteiger partial charge in [0.25, 0.3) is 0 Å². The van der Waals surface area contributed by atoms with Gasteiger partial charge in [0.05, 0.1) is 11.5 Å². The summed E-state index contributed by atoms with van der Waals surface area (Å²) in [5.74, 6) is 0.402. The summed E-state index contributed by atoms with van der Waals surface area (Å²) in [4.78, 5) is 29.5. The third-order valence-electron chi connectivity index (χ3n) is 5.94. The molecular formula is C20H27N3O2. The van der Waals surface area contributed by atoms with Crippen molar-refractivity contribution in [3.63, 3.8) is 0 Å². The highest BCUT2D eigenvalue weighted by Gasteiger charge is 2.53. The molecule has 2 saturated carbocycles. The lowest BCUT2D eigenvalue weighted by atomic mass is 9.94. The van der Waals surface area contributed by atoms with Crippen molar-refractivity contribution < 1.29 is 9.59 Å². The van der Waals surface area contributed by atoms with Crippen LogP contribution in [0.1, 0.15) is 38.2 Å². The number of nitrogens with zero attached hydrogens (tertiary/aromatic N) is 2. The molecule has 1 aromatic carbocycles. The summed E-state index contributed by atoms with van der Waals surface area (Å²) in [7, 11) is 0. The van der Waals surface area contributed by atoms with Crippen molar-refractivity contribution in [3.8, 4) is 0 Å². The van der Waals surface area contributed by atoms with Gasteiger partial charge in [0.2, 0.25) is 11.8 Å². The van der Waals surface area contributed by atoms with Crippen LogP contribution in [0.15, 0.2) is 30.3 Å². The summed E-state index contributed by atoms with van der Waals surface area (Å²) in [6.07, 6.45) is 4.14.